The molecule has 0 amide bonds. The predicted molar refractivity (Wildman–Crippen MR) is 72.2 cm³/mol. The minimum atomic E-state index is -0.817. The van der Waals surface area contributed by atoms with E-state index in [1.807, 2.05) is 0 Å². The number of hydrogen-bond acceptors (Lipinski definition) is 3. The maximum absolute atomic E-state index is 13.6. The Morgan fingerprint density at radius 1 is 1.42 bits per heavy atom. The van der Waals surface area contributed by atoms with Crippen LogP contribution in [0.3, 0.4) is 0 Å². The Balaban J connectivity index is 1.99. The fourth-order valence-electron chi connectivity index (χ4n) is 2.80. The van der Waals surface area contributed by atoms with Gasteiger partial charge in [-0.15, -0.1) is 0 Å². The molecule has 0 aromatic heterocycles. The van der Waals surface area contributed by atoms with Crippen molar-refractivity contribution < 1.29 is 14.6 Å². The van der Waals surface area contributed by atoms with Crippen molar-refractivity contribution in [1.82, 2.24) is 4.90 Å². The number of halogens is 1. The molecule has 2 atom stereocenters. The minimum absolute atomic E-state index is 0.104. The highest BCUT2D eigenvalue weighted by Crippen LogP contribution is 2.30. The standard InChI is InChI=1S/C15H22FNO2/c1-15(11-18)7-4-8-17(10-15)9-14(19)12-5-2-3-6-13(12)16/h2-3,5-6,14,18-19H,4,7-11H2,1H3/t14-,15-/m1/s1. The van der Waals surface area contributed by atoms with Crippen molar-refractivity contribution >= 4 is 0 Å². The number of hydrogen-bond donors (Lipinski definition) is 2. The van der Waals surface area contributed by atoms with Crippen LogP contribution in [0, 0.1) is 11.2 Å². The molecule has 1 aliphatic heterocycles. The second-order valence-corrected chi connectivity index (χ2v) is 5.84. The van der Waals surface area contributed by atoms with Gasteiger partial charge in [-0.05, 0) is 25.5 Å². The van der Waals surface area contributed by atoms with Crippen molar-refractivity contribution in [3.8, 4) is 0 Å². The van der Waals surface area contributed by atoms with E-state index in [-0.39, 0.29) is 17.8 Å². The SMILES string of the molecule is C[C@@]1(CO)CCCN(C[C@@H](O)c2ccccc2F)C1. The first-order valence-corrected chi connectivity index (χ1v) is 6.80. The van der Waals surface area contributed by atoms with E-state index in [0.29, 0.717) is 12.1 Å². The van der Waals surface area contributed by atoms with E-state index in [1.54, 1.807) is 18.2 Å². The number of nitrogens with zero attached hydrogens (tertiary/aromatic N) is 1. The summed E-state index contributed by atoms with van der Waals surface area (Å²) in [6.45, 7) is 4.25. The maximum Gasteiger partial charge on any atom is 0.129 e. The van der Waals surface area contributed by atoms with E-state index in [0.717, 1.165) is 25.9 Å². The monoisotopic (exact) mass is 267 g/mol. The van der Waals surface area contributed by atoms with Crippen molar-refractivity contribution in [2.24, 2.45) is 5.41 Å². The number of aliphatic hydroxyl groups is 2. The number of benzene rings is 1. The van der Waals surface area contributed by atoms with Crippen LogP contribution >= 0.6 is 0 Å². The molecule has 1 aromatic carbocycles. The lowest BCUT2D eigenvalue weighted by Crippen LogP contribution is -2.45. The minimum Gasteiger partial charge on any atom is -0.396 e. The van der Waals surface area contributed by atoms with Gasteiger partial charge in [0.05, 0.1) is 6.10 Å². The second kappa shape index (κ2) is 5.99. The van der Waals surface area contributed by atoms with E-state index in [1.165, 1.54) is 6.07 Å². The molecule has 2 rings (SSSR count). The predicted octanol–water partition coefficient (Wildman–Crippen LogP) is 1.95. The molecule has 0 bridgehead atoms. The first-order valence-electron chi connectivity index (χ1n) is 6.80. The Hall–Kier alpha value is -0.970. The van der Waals surface area contributed by atoms with E-state index in [4.69, 9.17) is 0 Å². The highest BCUT2D eigenvalue weighted by atomic mass is 19.1. The van der Waals surface area contributed by atoms with Gasteiger partial charge in [-0.3, -0.25) is 4.90 Å². The van der Waals surface area contributed by atoms with E-state index in [9.17, 15) is 14.6 Å². The molecule has 1 aromatic rings. The summed E-state index contributed by atoms with van der Waals surface area (Å²) in [4.78, 5) is 2.11. The Morgan fingerprint density at radius 2 is 2.16 bits per heavy atom. The van der Waals surface area contributed by atoms with Gasteiger partial charge in [0, 0.05) is 30.7 Å². The summed E-state index contributed by atoms with van der Waals surface area (Å²) in [6.07, 6.45) is 1.18. The fraction of sp³-hybridized carbons (Fsp3) is 0.600. The number of aliphatic hydroxyl groups excluding tert-OH is 2. The Bertz CT molecular complexity index is 426. The quantitative estimate of drug-likeness (QED) is 0.876. The number of piperidine rings is 1. The van der Waals surface area contributed by atoms with Gasteiger partial charge in [-0.1, -0.05) is 25.1 Å². The van der Waals surface area contributed by atoms with Crippen molar-refractivity contribution in [2.75, 3.05) is 26.2 Å². The molecule has 0 unspecified atom stereocenters. The molecule has 3 nitrogen and oxygen atoms in total. The molecule has 1 heterocycles. The molecule has 0 aliphatic carbocycles. The average molecular weight is 267 g/mol. The van der Waals surface area contributed by atoms with Crippen LogP contribution in [0.5, 0.6) is 0 Å². The van der Waals surface area contributed by atoms with Crippen LogP contribution in [-0.4, -0.2) is 41.4 Å². The number of rotatable bonds is 4. The van der Waals surface area contributed by atoms with Gasteiger partial charge in [0.25, 0.3) is 0 Å². The van der Waals surface area contributed by atoms with Crippen LogP contribution in [0.1, 0.15) is 31.4 Å². The van der Waals surface area contributed by atoms with Crippen LogP contribution in [0.15, 0.2) is 24.3 Å². The molecular formula is C15H22FNO2. The normalized spacial score (nSPS) is 26.3. The Kier molecular flexibility index (Phi) is 4.55. The van der Waals surface area contributed by atoms with Gasteiger partial charge in [-0.2, -0.15) is 0 Å². The highest BCUT2D eigenvalue weighted by molar-refractivity contribution is 5.20. The largest absolute Gasteiger partial charge is 0.396 e. The van der Waals surface area contributed by atoms with Crippen LogP contribution in [0.25, 0.3) is 0 Å². The zero-order chi connectivity index (χ0) is 13.9. The summed E-state index contributed by atoms with van der Waals surface area (Å²) in [5, 5.41) is 19.6. The average Bonchev–Trinajstić information content (AvgIpc) is 2.39. The van der Waals surface area contributed by atoms with Crippen LogP contribution in [0.2, 0.25) is 0 Å². The third-order valence-corrected chi connectivity index (χ3v) is 3.94. The third kappa shape index (κ3) is 3.53. The van der Waals surface area contributed by atoms with Gasteiger partial charge in [0.15, 0.2) is 0 Å². The maximum atomic E-state index is 13.6. The van der Waals surface area contributed by atoms with Gasteiger partial charge in [-0.25, -0.2) is 4.39 Å². The molecule has 1 aliphatic rings. The molecule has 2 N–H and O–H groups in total. The van der Waals surface area contributed by atoms with Crippen molar-refractivity contribution in [1.29, 1.82) is 0 Å². The lowest BCUT2D eigenvalue weighted by atomic mass is 9.82. The molecule has 19 heavy (non-hydrogen) atoms. The van der Waals surface area contributed by atoms with Crippen LogP contribution in [-0.2, 0) is 0 Å². The fourth-order valence-corrected chi connectivity index (χ4v) is 2.80. The van der Waals surface area contributed by atoms with E-state index in [2.05, 4.69) is 11.8 Å². The molecule has 0 spiro atoms. The Morgan fingerprint density at radius 3 is 2.84 bits per heavy atom. The molecule has 1 fully saturated rings. The zero-order valence-electron chi connectivity index (χ0n) is 11.3. The van der Waals surface area contributed by atoms with E-state index >= 15 is 0 Å². The molecule has 0 radical (unpaired) electrons. The Labute approximate surface area is 113 Å². The lowest BCUT2D eigenvalue weighted by molar-refractivity contribution is 0.0204. The van der Waals surface area contributed by atoms with Crippen molar-refractivity contribution in [3.05, 3.63) is 35.6 Å². The van der Waals surface area contributed by atoms with Crippen molar-refractivity contribution in [3.63, 3.8) is 0 Å². The van der Waals surface area contributed by atoms with Gasteiger partial charge in [0.2, 0.25) is 0 Å². The topological polar surface area (TPSA) is 43.7 Å². The third-order valence-electron chi connectivity index (χ3n) is 3.94. The summed E-state index contributed by atoms with van der Waals surface area (Å²) >= 11 is 0. The summed E-state index contributed by atoms with van der Waals surface area (Å²) in [5.74, 6) is -0.364. The highest BCUT2D eigenvalue weighted by Gasteiger charge is 2.31. The first-order chi connectivity index (χ1) is 9.04. The van der Waals surface area contributed by atoms with Gasteiger partial charge in [0.1, 0.15) is 5.82 Å². The summed E-state index contributed by atoms with van der Waals surface area (Å²) in [7, 11) is 0. The summed E-state index contributed by atoms with van der Waals surface area (Å²) in [5.41, 5.74) is 0.242. The molecule has 0 saturated carbocycles. The first kappa shape index (κ1) is 14.4. The second-order valence-electron chi connectivity index (χ2n) is 5.84. The molecule has 4 heteroatoms. The van der Waals surface area contributed by atoms with Gasteiger partial charge < -0.3 is 10.2 Å². The van der Waals surface area contributed by atoms with Crippen LogP contribution in [0.4, 0.5) is 4.39 Å². The van der Waals surface area contributed by atoms with Gasteiger partial charge >= 0.3 is 0 Å². The number of likely N-dealkylation sites (tertiary alicyclic amines) is 1. The summed E-state index contributed by atoms with van der Waals surface area (Å²) in [6, 6.07) is 6.34. The molecular weight excluding hydrogens is 245 g/mol. The lowest BCUT2D eigenvalue weighted by Gasteiger charge is -2.40. The zero-order valence-corrected chi connectivity index (χ0v) is 11.3. The van der Waals surface area contributed by atoms with Crippen molar-refractivity contribution in [2.45, 2.75) is 25.9 Å². The van der Waals surface area contributed by atoms with Crippen LogP contribution < -0.4 is 0 Å². The number of β-amino-alcohol motifs (C(OH)–C–C–N with tert-alkyl or cyclic N) is 1. The summed E-state index contributed by atoms with van der Waals surface area (Å²) < 4.78 is 13.6. The smallest absolute Gasteiger partial charge is 0.129 e. The molecule has 1 saturated heterocycles. The van der Waals surface area contributed by atoms with E-state index < -0.39 is 6.10 Å². The molecule has 106 valence electrons.